The summed E-state index contributed by atoms with van der Waals surface area (Å²) < 4.78 is 5.25. The van der Waals surface area contributed by atoms with Crippen LogP contribution < -0.4 is 0 Å². The second kappa shape index (κ2) is 6.25. The highest BCUT2D eigenvalue weighted by Gasteiger charge is 2.26. The van der Waals surface area contributed by atoms with Gasteiger partial charge in [0.15, 0.2) is 12.0 Å². The van der Waals surface area contributed by atoms with Gasteiger partial charge in [-0.1, -0.05) is 23.7 Å². The molecule has 1 amide bonds. The lowest BCUT2D eigenvalue weighted by atomic mass is 10.0. The molecule has 1 aliphatic heterocycles. The third-order valence-corrected chi connectivity index (χ3v) is 5.13. The zero-order valence-electron chi connectivity index (χ0n) is 14.3. The summed E-state index contributed by atoms with van der Waals surface area (Å²) >= 11 is 6.13. The first-order valence-corrected chi connectivity index (χ1v) is 9.01. The monoisotopic (exact) mass is 378 g/mol. The Labute approximate surface area is 159 Å². The Morgan fingerprint density at radius 2 is 2.15 bits per heavy atom. The standard InChI is InChI=1S/C20H15ClN4O2/c21-14-3-1-2-12(8-14)19-15-10-25(7-6-16(15)23-24-19)20(26)13-4-5-18-17(9-13)22-11-27-18/h1-5,8-9,11H,6-7,10H2,(H,23,24). The number of hydrogen-bond donors (Lipinski definition) is 1. The summed E-state index contributed by atoms with van der Waals surface area (Å²) in [7, 11) is 0. The van der Waals surface area contributed by atoms with Crippen molar-refractivity contribution in [1.29, 1.82) is 0 Å². The zero-order valence-corrected chi connectivity index (χ0v) is 15.0. The molecule has 0 radical (unpaired) electrons. The van der Waals surface area contributed by atoms with E-state index in [1.54, 1.807) is 18.2 Å². The van der Waals surface area contributed by atoms with Crippen molar-refractivity contribution in [3.05, 3.63) is 70.7 Å². The van der Waals surface area contributed by atoms with Crippen LogP contribution in [-0.4, -0.2) is 32.5 Å². The smallest absolute Gasteiger partial charge is 0.254 e. The zero-order chi connectivity index (χ0) is 18.4. The van der Waals surface area contributed by atoms with E-state index in [1.807, 2.05) is 29.2 Å². The van der Waals surface area contributed by atoms with E-state index in [0.717, 1.165) is 28.9 Å². The lowest BCUT2D eigenvalue weighted by Gasteiger charge is -2.27. The molecule has 0 saturated carbocycles. The number of carbonyl (C=O) groups is 1. The maximum absolute atomic E-state index is 13.0. The lowest BCUT2D eigenvalue weighted by molar-refractivity contribution is 0.0735. The number of amides is 1. The Morgan fingerprint density at radius 1 is 1.22 bits per heavy atom. The molecule has 3 heterocycles. The number of nitrogens with one attached hydrogen (secondary N) is 1. The van der Waals surface area contributed by atoms with Crippen LogP contribution in [0.15, 0.2) is 53.3 Å². The molecule has 0 fully saturated rings. The minimum Gasteiger partial charge on any atom is -0.443 e. The predicted molar refractivity (Wildman–Crippen MR) is 101 cm³/mol. The van der Waals surface area contributed by atoms with Crippen LogP contribution in [0.5, 0.6) is 0 Å². The van der Waals surface area contributed by atoms with Gasteiger partial charge in [0.2, 0.25) is 0 Å². The fourth-order valence-corrected chi connectivity index (χ4v) is 3.71. The van der Waals surface area contributed by atoms with Crippen LogP contribution in [0, 0.1) is 0 Å². The van der Waals surface area contributed by atoms with Gasteiger partial charge in [-0.2, -0.15) is 5.10 Å². The average Bonchev–Trinajstić information content (AvgIpc) is 3.33. The molecule has 134 valence electrons. The number of benzene rings is 2. The van der Waals surface area contributed by atoms with E-state index in [9.17, 15) is 4.79 Å². The summed E-state index contributed by atoms with van der Waals surface area (Å²) in [6, 6.07) is 12.9. The molecular formula is C20H15ClN4O2. The van der Waals surface area contributed by atoms with Crippen LogP contribution in [0.1, 0.15) is 21.6 Å². The summed E-state index contributed by atoms with van der Waals surface area (Å²) in [6.45, 7) is 1.14. The third-order valence-electron chi connectivity index (χ3n) is 4.90. The highest BCUT2D eigenvalue weighted by molar-refractivity contribution is 6.30. The molecule has 5 rings (SSSR count). The third kappa shape index (κ3) is 2.78. The highest BCUT2D eigenvalue weighted by atomic mass is 35.5. The molecule has 1 aliphatic rings. The fraction of sp³-hybridized carbons (Fsp3) is 0.150. The quantitative estimate of drug-likeness (QED) is 0.570. The lowest BCUT2D eigenvalue weighted by Crippen LogP contribution is -2.35. The van der Waals surface area contributed by atoms with E-state index in [-0.39, 0.29) is 5.91 Å². The number of fused-ring (bicyclic) bond motifs is 2. The summed E-state index contributed by atoms with van der Waals surface area (Å²) in [5, 5.41) is 8.24. The first-order chi connectivity index (χ1) is 13.2. The molecule has 0 spiro atoms. The van der Waals surface area contributed by atoms with Crippen LogP contribution in [0.25, 0.3) is 22.4 Å². The Kier molecular flexibility index (Phi) is 3.72. The molecule has 0 atom stereocenters. The topological polar surface area (TPSA) is 75.0 Å². The van der Waals surface area contributed by atoms with Crippen molar-refractivity contribution in [3.8, 4) is 11.3 Å². The van der Waals surface area contributed by atoms with Crippen molar-refractivity contribution in [1.82, 2.24) is 20.1 Å². The van der Waals surface area contributed by atoms with Crippen molar-refractivity contribution in [2.45, 2.75) is 13.0 Å². The molecule has 1 N–H and O–H groups in total. The summed E-state index contributed by atoms with van der Waals surface area (Å²) in [6.07, 6.45) is 2.12. The Morgan fingerprint density at radius 3 is 3.04 bits per heavy atom. The van der Waals surface area contributed by atoms with Gasteiger partial charge in [0.1, 0.15) is 5.52 Å². The number of carbonyl (C=O) groups excluding carboxylic acids is 1. The Bertz CT molecular complexity index is 1160. The van der Waals surface area contributed by atoms with Gasteiger partial charge in [0.05, 0.1) is 5.69 Å². The molecule has 6 nitrogen and oxygen atoms in total. The van der Waals surface area contributed by atoms with Gasteiger partial charge in [0.25, 0.3) is 5.91 Å². The first kappa shape index (κ1) is 16.1. The molecule has 2 aromatic carbocycles. The normalized spacial score (nSPS) is 13.7. The van der Waals surface area contributed by atoms with Crippen molar-refractivity contribution in [2.75, 3.05) is 6.54 Å². The molecule has 27 heavy (non-hydrogen) atoms. The molecule has 7 heteroatoms. The summed E-state index contributed by atoms with van der Waals surface area (Å²) in [5.41, 5.74) is 5.86. The molecule has 2 aromatic heterocycles. The molecule has 0 saturated heterocycles. The van der Waals surface area contributed by atoms with E-state index in [1.165, 1.54) is 6.39 Å². The van der Waals surface area contributed by atoms with Crippen LogP contribution in [0.4, 0.5) is 0 Å². The number of aromatic amines is 1. The molecule has 4 aromatic rings. The van der Waals surface area contributed by atoms with Crippen molar-refractivity contribution in [3.63, 3.8) is 0 Å². The molecule has 0 aliphatic carbocycles. The van der Waals surface area contributed by atoms with Crippen molar-refractivity contribution < 1.29 is 9.21 Å². The summed E-state index contributed by atoms with van der Waals surface area (Å²) in [5.74, 6) is -0.0243. The van der Waals surface area contributed by atoms with Gasteiger partial charge in [-0.3, -0.25) is 9.89 Å². The van der Waals surface area contributed by atoms with Crippen molar-refractivity contribution in [2.24, 2.45) is 0 Å². The summed E-state index contributed by atoms with van der Waals surface area (Å²) in [4.78, 5) is 19.0. The number of oxazole rings is 1. The van der Waals surface area contributed by atoms with Crippen LogP contribution in [-0.2, 0) is 13.0 Å². The van der Waals surface area contributed by atoms with Gasteiger partial charge in [-0.25, -0.2) is 4.98 Å². The van der Waals surface area contributed by atoms with Gasteiger partial charge in [-0.15, -0.1) is 0 Å². The molecule has 0 bridgehead atoms. The van der Waals surface area contributed by atoms with E-state index >= 15 is 0 Å². The fourth-order valence-electron chi connectivity index (χ4n) is 3.52. The Balaban J connectivity index is 1.46. The number of rotatable bonds is 2. The molecular weight excluding hydrogens is 364 g/mol. The highest BCUT2D eigenvalue weighted by Crippen LogP contribution is 2.30. The second-order valence-electron chi connectivity index (χ2n) is 6.55. The number of nitrogens with zero attached hydrogens (tertiary/aromatic N) is 3. The minimum atomic E-state index is -0.0243. The van der Waals surface area contributed by atoms with E-state index in [4.69, 9.17) is 16.0 Å². The maximum Gasteiger partial charge on any atom is 0.254 e. The van der Waals surface area contributed by atoms with E-state index in [2.05, 4.69) is 15.2 Å². The van der Waals surface area contributed by atoms with E-state index < -0.39 is 0 Å². The van der Waals surface area contributed by atoms with Crippen LogP contribution in [0.2, 0.25) is 5.02 Å². The SMILES string of the molecule is O=C(c1ccc2ocnc2c1)N1CCc2[nH]nc(-c3cccc(Cl)c3)c2C1. The van der Waals surface area contributed by atoms with Crippen molar-refractivity contribution >= 4 is 28.6 Å². The predicted octanol–water partition coefficient (Wildman–Crippen LogP) is 4.07. The second-order valence-corrected chi connectivity index (χ2v) is 6.99. The van der Waals surface area contributed by atoms with Gasteiger partial charge in [-0.05, 0) is 30.3 Å². The average molecular weight is 379 g/mol. The number of halogens is 1. The van der Waals surface area contributed by atoms with Crippen LogP contribution in [0.3, 0.4) is 0 Å². The maximum atomic E-state index is 13.0. The van der Waals surface area contributed by atoms with E-state index in [0.29, 0.717) is 34.8 Å². The number of aromatic nitrogens is 3. The minimum absolute atomic E-state index is 0.0243. The number of hydrogen-bond acceptors (Lipinski definition) is 4. The molecule has 0 unspecified atom stereocenters. The number of H-pyrrole nitrogens is 1. The Hall–Kier alpha value is -3.12. The van der Waals surface area contributed by atoms with Gasteiger partial charge >= 0.3 is 0 Å². The first-order valence-electron chi connectivity index (χ1n) is 8.63. The van der Waals surface area contributed by atoms with Gasteiger partial charge in [0, 0.05) is 46.9 Å². The van der Waals surface area contributed by atoms with Gasteiger partial charge < -0.3 is 9.32 Å². The largest absolute Gasteiger partial charge is 0.443 e. The van der Waals surface area contributed by atoms with Crippen LogP contribution >= 0.6 is 11.6 Å².